The number of fused-ring (bicyclic) bond motifs is 1. The molecular weight excluding hydrogens is 360 g/mol. The summed E-state index contributed by atoms with van der Waals surface area (Å²) in [7, 11) is 0. The summed E-state index contributed by atoms with van der Waals surface area (Å²) in [6.45, 7) is 4.60. The Labute approximate surface area is 156 Å². The summed E-state index contributed by atoms with van der Waals surface area (Å²) in [6.07, 6.45) is 4.41. The van der Waals surface area contributed by atoms with E-state index in [-0.39, 0.29) is 0 Å². The van der Waals surface area contributed by atoms with Crippen LogP contribution in [0.25, 0.3) is 5.70 Å². The van der Waals surface area contributed by atoms with Crippen molar-refractivity contribution in [1.29, 1.82) is 0 Å². The molecule has 1 unspecified atom stereocenters. The Balaban J connectivity index is 1.98. The SMILES string of the molecule is CCCCCCOC1(c2ccc(Cl)cc2)SC=C(C)n2c1noc2=O. The second-order valence-corrected chi connectivity index (χ2v) is 7.50. The first-order valence-electron chi connectivity index (χ1n) is 8.42. The molecule has 7 heteroatoms. The second kappa shape index (κ2) is 7.81. The van der Waals surface area contributed by atoms with Crippen LogP contribution in [0, 0.1) is 0 Å². The lowest BCUT2D eigenvalue weighted by Gasteiger charge is -2.34. The van der Waals surface area contributed by atoms with Crippen molar-refractivity contribution in [2.24, 2.45) is 0 Å². The molecule has 2 heterocycles. The number of hydrogen-bond donors (Lipinski definition) is 0. The van der Waals surface area contributed by atoms with Crippen molar-refractivity contribution in [2.45, 2.75) is 44.5 Å². The number of aromatic nitrogens is 2. The van der Waals surface area contributed by atoms with Gasteiger partial charge in [0, 0.05) is 22.9 Å². The number of thioether (sulfide) groups is 1. The van der Waals surface area contributed by atoms with Crippen molar-refractivity contribution < 1.29 is 9.26 Å². The minimum absolute atomic E-state index is 0.459. The molecule has 5 nitrogen and oxygen atoms in total. The fourth-order valence-electron chi connectivity index (χ4n) is 2.84. The molecule has 1 atom stereocenters. The number of hydrogen-bond acceptors (Lipinski definition) is 5. The lowest BCUT2D eigenvalue weighted by molar-refractivity contribution is 0.0408. The van der Waals surface area contributed by atoms with Crippen LogP contribution in [0.15, 0.2) is 39.0 Å². The molecule has 0 N–H and O–H groups in total. The Morgan fingerprint density at radius 3 is 2.76 bits per heavy atom. The van der Waals surface area contributed by atoms with Gasteiger partial charge in [-0.25, -0.2) is 9.36 Å². The summed E-state index contributed by atoms with van der Waals surface area (Å²) < 4.78 is 12.7. The van der Waals surface area contributed by atoms with Crippen LogP contribution in [-0.4, -0.2) is 16.3 Å². The molecule has 1 aromatic heterocycles. The third kappa shape index (κ3) is 3.57. The molecule has 1 aliphatic heterocycles. The van der Waals surface area contributed by atoms with E-state index < -0.39 is 10.7 Å². The largest absolute Gasteiger partial charge is 0.446 e. The van der Waals surface area contributed by atoms with Gasteiger partial charge < -0.3 is 4.74 Å². The van der Waals surface area contributed by atoms with Crippen molar-refractivity contribution in [1.82, 2.24) is 9.72 Å². The molecule has 0 saturated carbocycles. The van der Waals surface area contributed by atoms with Crippen LogP contribution in [0.2, 0.25) is 5.02 Å². The molecule has 134 valence electrons. The van der Waals surface area contributed by atoms with Crippen LogP contribution in [0.5, 0.6) is 0 Å². The number of rotatable bonds is 7. The zero-order valence-corrected chi connectivity index (χ0v) is 15.9. The van der Waals surface area contributed by atoms with E-state index in [0.717, 1.165) is 24.1 Å². The molecule has 0 aliphatic carbocycles. The standard InChI is InChI=1S/C18H21ClN2O3S/c1-3-4-5-6-11-23-18(14-7-9-15(19)10-8-14)16-20-24-17(22)21(16)13(2)12-25-18/h7-10,12H,3-6,11H2,1-2H3. The summed E-state index contributed by atoms with van der Waals surface area (Å²) in [5, 5.41) is 6.58. The van der Waals surface area contributed by atoms with Gasteiger partial charge in [0.05, 0.1) is 0 Å². The van der Waals surface area contributed by atoms with Gasteiger partial charge in [-0.05, 0) is 30.9 Å². The van der Waals surface area contributed by atoms with Crippen molar-refractivity contribution in [2.75, 3.05) is 6.61 Å². The molecule has 3 rings (SSSR count). The van der Waals surface area contributed by atoms with Gasteiger partial charge >= 0.3 is 5.76 Å². The molecule has 1 aromatic carbocycles. The van der Waals surface area contributed by atoms with Crippen LogP contribution in [0.3, 0.4) is 0 Å². The van der Waals surface area contributed by atoms with E-state index in [1.807, 2.05) is 36.6 Å². The molecule has 0 spiro atoms. The average molecular weight is 381 g/mol. The van der Waals surface area contributed by atoms with E-state index in [1.54, 1.807) is 0 Å². The van der Waals surface area contributed by atoms with Gasteiger partial charge in [-0.2, -0.15) is 0 Å². The highest BCUT2D eigenvalue weighted by atomic mass is 35.5. The molecule has 1 aliphatic rings. The lowest BCUT2D eigenvalue weighted by Crippen LogP contribution is -2.35. The van der Waals surface area contributed by atoms with E-state index >= 15 is 0 Å². The summed E-state index contributed by atoms with van der Waals surface area (Å²) >= 11 is 7.52. The van der Waals surface area contributed by atoms with Gasteiger partial charge in [-0.15, -0.1) is 0 Å². The number of ether oxygens (including phenoxy) is 1. The van der Waals surface area contributed by atoms with Crippen LogP contribution in [0.4, 0.5) is 0 Å². The van der Waals surface area contributed by atoms with E-state index in [4.69, 9.17) is 20.9 Å². The van der Waals surface area contributed by atoms with Crippen molar-refractivity contribution in [3.8, 4) is 0 Å². The Kier molecular flexibility index (Phi) is 5.71. The van der Waals surface area contributed by atoms with E-state index in [9.17, 15) is 4.79 Å². The highest BCUT2D eigenvalue weighted by Gasteiger charge is 2.44. The minimum atomic E-state index is -0.914. The first-order chi connectivity index (χ1) is 12.1. The van der Waals surface area contributed by atoms with Gasteiger partial charge in [0.15, 0.2) is 0 Å². The summed E-state index contributed by atoms with van der Waals surface area (Å²) in [4.78, 5) is 11.2. The Morgan fingerprint density at radius 2 is 2.04 bits per heavy atom. The maximum Gasteiger partial charge on any atom is 0.446 e. The van der Waals surface area contributed by atoms with Crippen molar-refractivity contribution in [3.63, 3.8) is 0 Å². The smallest absolute Gasteiger partial charge is 0.352 e. The summed E-state index contributed by atoms with van der Waals surface area (Å²) in [5.41, 5.74) is 1.65. The first kappa shape index (κ1) is 18.3. The third-order valence-electron chi connectivity index (χ3n) is 4.17. The van der Waals surface area contributed by atoms with Gasteiger partial charge in [-0.3, -0.25) is 4.52 Å². The number of allylic oxidation sites excluding steroid dienone is 1. The van der Waals surface area contributed by atoms with Gasteiger partial charge in [0.2, 0.25) is 10.8 Å². The first-order valence-corrected chi connectivity index (χ1v) is 9.68. The van der Waals surface area contributed by atoms with Crippen LogP contribution in [-0.2, 0) is 9.67 Å². The predicted molar refractivity (Wildman–Crippen MR) is 101 cm³/mol. The van der Waals surface area contributed by atoms with E-state index in [1.165, 1.54) is 29.2 Å². The molecule has 25 heavy (non-hydrogen) atoms. The Bertz CT molecular complexity index is 812. The van der Waals surface area contributed by atoms with E-state index in [2.05, 4.69) is 12.1 Å². The topological polar surface area (TPSA) is 57.3 Å². The average Bonchev–Trinajstić information content (AvgIpc) is 3.01. The number of benzene rings is 1. The highest BCUT2D eigenvalue weighted by molar-refractivity contribution is 8.03. The van der Waals surface area contributed by atoms with Crippen molar-refractivity contribution >= 4 is 29.1 Å². The van der Waals surface area contributed by atoms with Crippen LogP contribution < -0.4 is 5.76 Å². The Hall–Kier alpha value is -1.50. The fraction of sp³-hybridized carbons (Fsp3) is 0.444. The van der Waals surface area contributed by atoms with Crippen molar-refractivity contribution in [3.05, 3.63) is 56.6 Å². The molecule has 2 aromatic rings. The van der Waals surface area contributed by atoms with E-state index in [0.29, 0.717) is 17.5 Å². The zero-order chi connectivity index (χ0) is 17.9. The summed E-state index contributed by atoms with van der Waals surface area (Å²) in [5.74, 6) is -0.0442. The molecule has 0 fully saturated rings. The zero-order valence-electron chi connectivity index (χ0n) is 14.3. The molecule has 0 saturated heterocycles. The third-order valence-corrected chi connectivity index (χ3v) is 5.75. The number of unbranched alkanes of at least 4 members (excludes halogenated alkanes) is 3. The maximum absolute atomic E-state index is 12.1. The minimum Gasteiger partial charge on any atom is -0.352 e. The van der Waals surface area contributed by atoms with Gasteiger partial charge in [0.25, 0.3) is 0 Å². The normalized spacial score (nSPS) is 19.6. The van der Waals surface area contributed by atoms with Crippen LogP contribution in [0.1, 0.15) is 50.9 Å². The number of nitrogens with zero attached hydrogens (tertiary/aromatic N) is 2. The Morgan fingerprint density at radius 1 is 1.28 bits per heavy atom. The lowest BCUT2D eigenvalue weighted by atomic mass is 10.1. The molecular formula is C18H21ClN2O3S. The molecule has 0 bridgehead atoms. The van der Waals surface area contributed by atoms with Gasteiger partial charge in [0.1, 0.15) is 0 Å². The molecule has 0 amide bonds. The maximum atomic E-state index is 12.1. The molecule has 0 radical (unpaired) electrons. The number of halogens is 1. The second-order valence-electron chi connectivity index (χ2n) is 6.02. The van der Waals surface area contributed by atoms with Crippen LogP contribution >= 0.6 is 23.4 Å². The highest BCUT2D eigenvalue weighted by Crippen LogP contribution is 2.47. The van der Waals surface area contributed by atoms with Gasteiger partial charge in [-0.1, -0.05) is 66.8 Å². The predicted octanol–water partition coefficient (Wildman–Crippen LogP) is 4.85. The monoisotopic (exact) mass is 380 g/mol. The fourth-order valence-corrected chi connectivity index (χ4v) is 4.06. The summed E-state index contributed by atoms with van der Waals surface area (Å²) in [6, 6.07) is 7.43. The quantitative estimate of drug-likeness (QED) is 0.642.